The maximum Gasteiger partial charge on any atom is 0.355 e. The molecule has 0 aliphatic rings. The Morgan fingerprint density at radius 1 is 1.03 bits per heavy atom. The molecule has 0 unspecified atom stereocenters. The third kappa shape index (κ3) is 4.83. The lowest BCUT2D eigenvalue weighted by Gasteiger charge is -2.16. The number of carbonyl (C=O) groups excluding carboxylic acids is 2. The van der Waals surface area contributed by atoms with E-state index in [0.717, 1.165) is 0 Å². The molecule has 0 aliphatic heterocycles. The topological polar surface area (TPSA) is 117 Å². The quantitative estimate of drug-likeness (QED) is 0.532. The van der Waals surface area contributed by atoms with Crippen molar-refractivity contribution in [3.63, 3.8) is 0 Å². The molecule has 0 aliphatic carbocycles. The normalized spacial score (nSPS) is 11.1. The number of esters is 2. The molecule has 31 heavy (non-hydrogen) atoms. The smallest absolute Gasteiger partial charge is 0.355 e. The van der Waals surface area contributed by atoms with E-state index in [9.17, 15) is 14.4 Å². The lowest BCUT2D eigenvalue weighted by atomic mass is 10.1. The Bertz CT molecular complexity index is 1160. The van der Waals surface area contributed by atoms with Crippen molar-refractivity contribution in [3.8, 4) is 0 Å². The summed E-state index contributed by atoms with van der Waals surface area (Å²) in [6.45, 7) is 6.19. The number of nitrogens with one attached hydrogen (secondary N) is 2. The van der Waals surface area contributed by atoms with Crippen LogP contribution in [0.4, 0.5) is 0 Å². The van der Waals surface area contributed by atoms with Gasteiger partial charge in [-0.15, -0.1) is 0 Å². The first-order valence-corrected chi connectivity index (χ1v) is 10.1. The Morgan fingerprint density at radius 2 is 1.71 bits per heavy atom. The molecule has 2 aromatic heterocycles. The average Bonchev–Trinajstić information content (AvgIpc) is 3.04. The first-order valence-electron chi connectivity index (χ1n) is 10.1. The fraction of sp³-hybridized carbons (Fsp3) is 0.364. The van der Waals surface area contributed by atoms with E-state index in [2.05, 4.69) is 15.0 Å². The van der Waals surface area contributed by atoms with Gasteiger partial charge in [0.1, 0.15) is 11.5 Å². The molecule has 0 saturated carbocycles. The molecule has 0 amide bonds. The van der Waals surface area contributed by atoms with Crippen LogP contribution < -0.4 is 5.56 Å². The number of ether oxygens (including phenoxy) is 2. The SMILES string of the molecule is CCOC(=O)c1[nH]c(CN(C)Cc2nc3ccccc3c(=O)[nH]2)c(C(=O)OCC)c1C. The molecule has 2 N–H and O–H groups in total. The number of H-pyrrole nitrogens is 2. The van der Waals surface area contributed by atoms with E-state index in [1.807, 2.05) is 18.0 Å². The van der Waals surface area contributed by atoms with Crippen LogP contribution in [-0.2, 0) is 22.6 Å². The zero-order valence-corrected chi connectivity index (χ0v) is 18.1. The van der Waals surface area contributed by atoms with Crippen molar-refractivity contribution in [2.24, 2.45) is 0 Å². The fourth-order valence-corrected chi connectivity index (χ4v) is 3.46. The highest BCUT2D eigenvalue weighted by molar-refractivity contribution is 5.98. The van der Waals surface area contributed by atoms with E-state index in [1.54, 1.807) is 39.0 Å². The Hall–Kier alpha value is -3.46. The van der Waals surface area contributed by atoms with Crippen LogP contribution in [0.1, 0.15) is 51.8 Å². The largest absolute Gasteiger partial charge is 0.462 e. The van der Waals surface area contributed by atoms with Crippen LogP contribution in [0.3, 0.4) is 0 Å². The molecule has 0 fully saturated rings. The molecule has 0 atom stereocenters. The van der Waals surface area contributed by atoms with Gasteiger partial charge in [-0.2, -0.15) is 0 Å². The summed E-state index contributed by atoms with van der Waals surface area (Å²) in [5.74, 6) is -0.537. The maximum atomic E-state index is 12.5. The second-order valence-electron chi connectivity index (χ2n) is 7.12. The van der Waals surface area contributed by atoms with E-state index in [4.69, 9.17) is 9.47 Å². The predicted octanol–water partition coefficient (Wildman–Crippen LogP) is 2.55. The second kappa shape index (κ2) is 9.57. The Labute approximate surface area is 179 Å². The fourth-order valence-electron chi connectivity index (χ4n) is 3.46. The van der Waals surface area contributed by atoms with Gasteiger partial charge in [0.25, 0.3) is 5.56 Å². The van der Waals surface area contributed by atoms with Crippen LogP contribution in [0.25, 0.3) is 10.9 Å². The van der Waals surface area contributed by atoms with E-state index in [1.165, 1.54) is 0 Å². The van der Waals surface area contributed by atoms with Gasteiger partial charge in [-0.25, -0.2) is 14.6 Å². The van der Waals surface area contributed by atoms with Gasteiger partial charge in [0.15, 0.2) is 0 Å². The van der Waals surface area contributed by atoms with Crippen LogP contribution >= 0.6 is 0 Å². The molecular weight excluding hydrogens is 400 g/mol. The number of hydrogen-bond donors (Lipinski definition) is 2. The van der Waals surface area contributed by atoms with E-state index in [-0.39, 0.29) is 24.5 Å². The molecule has 2 heterocycles. The summed E-state index contributed by atoms with van der Waals surface area (Å²) in [6, 6.07) is 7.12. The van der Waals surface area contributed by atoms with Crippen molar-refractivity contribution in [1.29, 1.82) is 0 Å². The van der Waals surface area contributed by atoms with Crippen LogP contribution in [0.5, 0.6) is 0 Å². The maximum absolute atomic E-state index is 12.5. The number of carbonyl (C=O) groups is 2. The van der Waals surface area contributed by atoms with Crippen LogP contribution in [0, 0.1) is 6.92 Å². The minimum atomic E-state index is -0.528. The third-order valence-corrected chi connectivity index (χ3v) is 4.80. The van der Waals surface area contributed by atoms with Gasteiger partial charge in [0.05, 0.1) is 36.2 Å². The molecule has 9 heteroatoms. The molecule has 164 valence electrons. The van der Waals surface area contributed by atoms with Crippen LogP contribution in [0.2, 0.25) is 0 Å². The zero-order valence-electron chi connectivity index (χ0n) is 18.1. The first-order chi connectivity index (χ1) is 14.8. The van der Waals surface area contributed by atoms with Crippen LogP contribution in [0.15, 0.2) is 29.1 Å². The van der Waals surface area contributed by atoms with Crippen molar-refractivity contribution >= 4 is 22.8 Å². The van der Waals surface area contributed by atoms with Crippen LogP contribution in [-0.4, -0.2) is 52.1 Å². The van der Waals surface area contributed by atoms with E-state index < -0.39 is 11.9 Å². The summed E-state index contributed by atoms with van der Waals surface area (Å²) in [7, 11) is 1.82. The summed E-state index contributed by atoms with van der Waals surface area (Å²) in [6.07, 6.45) is 0. The Balaban J connectivity index is 1.88. The zero-order chi connectivity index (χ0) is 22.5. The molecule has 0 bridgehead atoms. The molecule has 0 spiro atoms. The first kappa shape index (κ1) is 22.2. The molecule has 3 aromatic rings. The van der Waals surface area contributed by atoms with Crippen molar-refractivity contribution in [3.05, 3.63) is 63.0 Å². The minimum absolute atomic E-state index is 0.207. The third-order valence-electron chi connectivity index (χ3n) is 4.80. The van der Waals surface area contributed by atoms with Crippen molar-refractivity contribution in [1.82, 2.24) is 19.9 Å². The molecular formula is C22H26N4O5. The predicted molar refractivity (Wildman–Crippen MR) is 115 cm³/mol. The highest BCUT2D eigenvalue weighted by atomic mass is 16.5. The van der Waals surface area contributed by atoms with Crippen molar-refractivity contribution in [2.75, 3.05) is 20.3 Å². The summed E-state index contributed by atoms with van der Waals surface area (Å²) in [4.78, 5) is 49.3. The number of para-hydroxylation sites is 1. The number of aromatic amines is 2. The Morgan fingerprint density at radius 3 is 2.42 bits per heavy atom. The molecule has 0 saturated heterocycles. The molecule has 1 aromatic carbocycles. The lowest BCUT2D eigenvalue weighted by molar-refractivity contribution is 0.0517. The molecule has 0 radical (unpaired) electrons. The number of nitrogens with zero attached hydrogens (tertiary/aromatic N) is 2. The summed E-state index contributed by atoms with van der Waals surface area (Å²) in [5.41, 5.74) is 1.97. The standard InChI is InChI=1S/C22H26N4O5/c1-5-30-21(28)18-13(3)19(22(29)31-6-2)24-16(18)11-26(4)12-17-23-15-10-8-7-9-14(15)20(27)25-17/h7-10,24H,5-6,11-12H2,1-4H3,(H,23,25,27). The minimum Gasteiger partial charge on any atom is -0.462 e. The highest BCUT2D eigenvalue weighted by Crippen LogP contribution is 2.22. The van der Waals surface area contributed by atoms with Gasteiger partial charge in [0.2, 0.25) is 0 Å². The molecule has 9 nitrogen and oxygen atoms in total. The van der Waals surface area contributed by atoms with Crippen molar-refractivity contribution < 1.29 is 19.1 Å². The van der Waals surface area contributed by atoms with Gasteiger partial charge < -0.3 is 19.4 Å². The lowest BCUT2D eigenvalue weighted by Crippen LogP contribution is -2.23. The number of benzene rings is 1. The Kier molecular flexibility index (Phi) is 6.86. The van der Waals surface area contributed by atoms with Crippen molar-refractivity contribution in [2.45, 2.75) is 33.9 Å². The van der Waals surface area contributed by atoms with Gasteiger partial charge >= 0.3 is 11.9 Å². The number of rotatable bonds is 8. The molecule has 3 rings (SSSR count). The number of fused-ring (bicyclic) bond motifs is 1. The van der Waals surface area contributed by atoms with Gasteiger partial charge in [0, 0.05) is 12.2 Å². The number of hydrogen-bond acceptors (Lipinski definition) is 7. The van der Waals surface area contributed by atoms with E-state index >= 15 is 0 Å². The van der Waals surface area contributed by atoms with Gasteiger partial charge in [-0.1, -0.05) is 12.1 Å². The summed E-state index contributed by atoms with van der Waals surface area (Å²) < 4.78 is 10.3. The second-order valence-corrected chi connectivity index (χ2v) is 7.12. The highest BCUT2D eigenvalue weighted by Gasteiger charge is 2.26. The summed E-state index contributed by atoms with van der Waals surface area (Å²) in [5, 5.41) is 0.526. The monoisotopic (exact) mass is 426 g/mol. The summed E-state index contributed by atoms with van der Waals surface area (Å²) >= 11 is 0. The average molecular weight is 426 g/mol. The van der Waals surface area contributed by atoms with E-state index in [0.29, 0.717) is 46.6 Å². The van der Waals surface area contributed by atoms with Gasteiger partial charge in [-0.3, -0.25) is 9.69 Å². The van der Waals surface area contributed by atoms with Gasteiger partial charge in [-0.05, 0) is 45.5 Å². The number of aromatic nitrogens is 3.